The van der Waals surface area contributed by atoms with Gasteiger partial charge in [0.1, 0.15) is 0 Å². The highest BCUT2D eigenvalue weighted by atomic mass is 32.2. The van der Waals surface area contributed by atoms with Crippen LogP contribution in [0.2, 0.25) is 0 Å². The normalized spacial score (nSPS) is 20.2. The van der Waals surface area contributed by atoms with E-state index in [1.54, 1.807) is 24.3 Å². The van der Waals surface area contributed by atoms with E-state index in [0.717, 1.165) is 29.6 Å². The van der Waals surface area contributed by atoms with Crippen LogP contribution in [0.3, 0.4) is 0 Å². The third-order valence-corrected chi connectivity index (χ3v) is 6.47. The van der Waals surface area contributed by atoms with E-state index < -0.39 is 10.1 Å². The minimum Gasteiger partial charge on any atom is -0.266 e. The molecule has 0 unspecified atom stereocenters. The highest BCUT2D eigenvalue weighted by molar-refractivity contribution is 7.86. The lowest BCUT2D eigenvalue weighted by atomic mass is 9.81. The first-order chi connectivity index (χ1) is 12.4. The minimum absolute atomic E-state index is 0.216. The molecule has 1 fully saturated rings. The molecule has 0 radical (unpaired) electrons. The summed E-state index contributed by atoms with van der Waals surface area (Å²) in [5, 5.41) is 5.87. The van der Waals surface area contributed by atoms with Gasteiger partial charge >= 0.3 is 0 Å². The zero-order valence-corrected chi connectivity index (χ0v) is 15.7. The SMILES string of the molecule is Cc1ccc(S(=O)(=O)OCC2CC(n3nc4ccccc4c3C)C2)cc1. The van der Waals surface area contributed by atoms with E-state index in [1.165, 1.54) is 5.39 Å². The molecule has 26 heavy (non-hydrogen) atoms. The number of fused-ring (bicyclic) bond motifs is 1. The Morgan fingerprint density at radius 2 is 1.77 bits per heavy atom. The number of nitrogens with zero attached hydrogens (tertiary/aromatic N) is 2. The third-order valence-electron chi connectivity index (χ3n) is 5.18. The van der Waals surface area contributed by atoms with Crippen LogP contribution >= 0.6 is 0 Å². The zero-order chi connectivity index (χ0) is 18.3. The first kappa shape index (κ1) is 17.2. The molecule has 3 aromatic rings. The number of aryl methyl sites for hydroxylation is 2. The van der Waals surface area contributed by atoms with E-state index in [0.29, 0.717) is 6.04 Å². The fourth-order valence-corrected chi connectivity index (χ4v) is 4.51. The van der Waals surface area contributed by atoms with E-state index in [9.17, 15) is 8.42 Å². The average molecular weight is 370 g/mol. The highest BCUT2D eigenvalue weighted by Gasteiger charge is 2.33. The number of rotatable bonds is 5. The van der Waals surface area contributed by atoms with Crippen LogP contribution in [-0.2, 0) is 14.3 Å². The number of hydrogen-bond acceptors (Lipinski definition) is 4. The van der Waals surface area contributed by atoms with Crippen molar-refractivity contribution in [2.75, 3.05) is 6.61 Å². The van der Waals surface area contributed by atoms with Gasteiger partial charge in [0.05, 0.1) is 23.1 Å². The van der Waals surface area contributed by atoms with Gasteiger partial charge in [-0.05, 0) is 50.8 Å². The average Bonchev–Trinajstić information content (AvgIpc) is 2.91. The summed E-state index contributed by atoms with van der Waals surface area (Å²) in [6.45, 7) is 4.24. The molecular formula is C20H22N2O3S. The molecule has 0 aliphatic heterocycles. The Morgan fingerprint density at radius 1 is 1.08 bits per heavy atom. The highest BCUT2D eigenvalue weighted by Crippen LogP contribution is 2.39. The standard InChI is InChI=1S/C20H22N2O3S/c1-14-7-9-18(10-8-14)26(23,24)25-13-16-11-17(12-16)22-15(2)19-5-3-4-6-20(19)21-22/h3-10,16-17H,11-13H2,1-2H3. The third kappa shape index (κ3) is 3.15. The second-order valence-corrected chi connectivity index (χ2v) is 8.71. The minimum atomic E-state index is -3.68. The predicted molar refractivity (Wildman–Crippen MR) is 101 cm³/mol. The lowest BCUT2D eigenvalue weighted by Crippen LogP contribution is -2.31. The number of hydrogen-bond donors (Lipinski definition) is 0. The second-order valence-electron chi connectivity index (χ2n) is 7.09. The van der Waals surface area contributed by atoms with Crippen molar-refractivity contribution in [1.29, 1.82) is 0 Å². The lowest BCUT2D eigenvalue weighted by Gasteiger charge is -2.35. The van der Waals surface area contributed by atoms with E-state index in [1.807, 2.05) is 25.1 Å². The summed E-state index contributed by atoms with van der Waals surface area (Å²) in [5.41, 5.74) is 3.19. The molecule has 1 aromatic heterocycles. The first-order valence-electron chi connectivity index (χ1n) is 8.84. The predicted octanol–water partition coefficient (Wildman–Crippen LogP) is 4.01. The molecule has 136 valence electrons. The Morgan fingerprint density at radius 3 is 2.46 bits per heavy atom. The smallest absolute Gasteiger partial charge is 0.266 e. The van der Waals surface area contributed by atoms with Crippen LogP contribution in [0.4, 0.5) is 0 Å². The summed E-state index contributed by atoms with van der Waals surface area (Å²) < 4.78 is 31.9. The van der Waals surface area contributed by atoms with Crippen LogP contribution in [0.1, 0.15) is 30.1 Å². The lowest BCUT2D eigenvalue weighted by molar-refractivity contribution is 0.120. The molecule has 0 saturated heterocycles. The van der Waals surface area contributed by atoms with E-state index in [4.69, 9.17) is 9.28 Å². The van der Waals surface area contributed by atoms with Gasteiger partial charge in [0.25, 0.3) is 10.1 Å². The first-order valence-corrected chi connectivity index (χ1v) is 10.2. The molecule has 1 aliphatic rings. The molecule has 1 aliphatic carbocycles. The van der Waals surface area contributed by atoms with E-state index in [-0.39, 0.29) is 17.4 Å². The van der Waals surface area contributed by atoms with E-state index >= 15 is 0 Å². The monoisotopic (exact) mass is 370 g/mol. The van der Waals surface area contributed by atoms with Crippen LogP contribution < -0.4 is 0 Å². The topological polar surface area (TPSA) is 61.2 Å². The van der Waals surface area contributed by atoms with Crippen LogP contribution in [0.5, 0.6) is 0 Å². The zero-order valence-electron chi connectivity index (χ0n) is 14.9. The largest absolute Gasteiger partial charge is 0.296 e. The molecule has 2 aromatic carbocycles. The molecule has 4 rings (SSSR count). The van der Waals surface area contributed by atoms with Crippen LogP contribution in [0.25, 0.3) is 10.9 Å². The molecule has 5 nitrogen and oxygen atoms in total. The Kier molecular flexibility index (Phi) is 4.32. The quantitative estimate of drug-likeness (QED) is 0.637. The van der Waals surface area contributed by atoms with Crippen molar-refractivity contribution in [3.63, 3.8) is 0 Å². The maximum absolute atomic E-state index is 12.3. The Balaban J connectivity index is 1.38. The van der Waals surface area contributed by atoms with Gasteiger partial charge in [-0.3, -0.25) is 8.86 Å². The fraction of sp³-hybridized carbons (Fsp3) is 0.350. The summed E-state index contributed by atoms with van der Waals surface area (Å²) in [7, 11) is -3.68. The van der Waals surface area contributed by atoms with Gasteiger partial charge in [0.2, 0.25) is 0 Å². The Bertz CT molecular complexity index is 1030. The summed E-state index contributed by atoms with van der Waals surface area (Å²) >= 11 is 0. The van der Waals surface area contributed by atoms with Crippen molar-refractivity contribution in [2.45, 2.75) is 37.6 Å². The van der Waals surface area contributed by atoms with Crippen molar-refractivity contribution in [3.05, 3.63) is 59.8 Å². The van der Waals surface area contributed by atoms with Gasteiger partial charge in [0, 0.05) is 11.1 Å². The van der Waals surface area contributed by atoms with Crippen molar-refractivity contribution in [2.24, 2.45) is 5.92 Å². The molecule has 0 spiro atoms. The molecule has 0 amide bonds. The van der Waals surface area contributed by atoms with Gasteiger partial charge in [-0.2, -0.15) is 13.5 Å². The fourth-order valence-electron chi connectivity index (χ4n) is 3.53. The molecule has 0 atom stereocenters. The summed E-state index contributed by atoms with van der Waals surface area (Å²) in [6, 6.07) is 15.2. The maximum Gasteiger partial charge on any atom is 0.296 e. The molecule has 0 N–H and O–H groups in total. The Labute approximate surface area is 153 Å². The van der Waals surface area contributed by atoms with Crippen LogP contribution in [0.15, 0.2) is 53.4 Å². The second kappa shape index (κ2) is 6.52. The van der Waals surface area contributed by atoms with Crippen molar-refractivity contribution in [1.82, 2.24) is 9.78 Å². The summed E-state index contributed by atoms with van der Waals surface area (Å²) in [4.78, 5) is 0.216. The van der Waals surface area contributed by atoms with Gasteiger partial charge in [-0.1, -0.05) is 35.9 Å². The van der Waals surface area contributed by atoms with Crippen LogP contribution in [0, 0.1) is 19.8 Å². The molecule has 0 bridgehead atoms. The summed E-state index contributed by atoms with van der Waals surface area (Å²) in [5.74, 6) is 0.243. The van der Waals surface area contributed by atoms with E-state index in [2.05, 4.69) is 17.7 Å². The van der Waals surface area contributed by atoms with Gasteiger partial charge in [0.15, 0.2) is 0 Å². The summed E-state index contributed by atoms with van der Waals surface area (Å²) in [6.07, 6.45) is 1.77. The van der Waals surface area contributed by atoms with Crippen molar-refractivity contribution in [3.8, 4) is 0 Å². The van der Waals surface area contributed by atoms with Gasteiger partial charge in [-0.25, -0.2) is 0 Å². The van der Waals surface area contributed by atoms with Crippen molar-refractivity contribution < 1.29 is 12.6 Å². The maximum atomic E-state index is 12.3. The van der Waals surface area contributed by atoms with Gasteiger partial charge < -0.3 is 0 Å². The molecular weight excluding hydrogens is 348 g/mol. The molecule has 1 heterocycles. The Hall–Kier alpha value is -2.18. The van der Waals surface area contributed by atoms with Crippen LogP contribution in [-0.4, -0.2) is 24.8 Å². The number of aromatic nitrogens is 2. The van der Waals surface area contributed by atoms with Crippen molar-refractivity contribution >= 4 is 21.0 Å². The number of benzene rings is 2. The molecule has 1 saturated carbocycles. The molecule has 6 heteroatoms. The van der Waals surface area contributed by atoms with Gasteiger partial charge in [-0.15, -0.1) is 0 Å².